The number of alkyl carbamates (subject to hydrolysis) is 1. The summed E-state index contributed by atoms with van der Waals surface area (Å²) < 4.78 is 17.1. The first-order chi connectivity index (χ1) is 18.1. The lowest BCUT2D eigenvalue weighted by molar-refractivity contribution is -0.110. The van der Waals surface area contributed by atoms with Gasteiger partial charge in [0.05, 0.1) is 36.2 Å². The molecule has 1 amide bonds. The molecule has 10 heteroatoms. The van der Waals surface area contributed by atoms with Crippen molar-refractivity contribution in [1.82, 2.24) is 20.2 Å². The molecule has 2 N–H and O–H groups in total. The highest BCUT2D eigenvalue weighted by molar-refractivity contribution is 6.62. The van der Waals surface area contributed by atoms with Gasteiger partial charge in [0.25, 0.3) is 0 Å². The Bertz CT molecular complexity index is 1320. The maximum atomic E-state index is 11.6. The molecule has 5 rings (SSSR count). The minimum Gasteiger partial charge on any atom is -0.453 e. The zero-order valence-electron chi connectivity index (χ0n) is 22.6. The number of H-pyrrole nitrogens is 1. The first-order valence-electron chi connectivity index (χ1n) is 13.1. The van der Waals surface area contributed by atoms with Crippen LogP contribution in [0.15, 0.2) is 42.6 Å². The van der Waals surface area contributed by atoms with Gasteiger partial charge in [0.1, 0.15) is 18.2 Å². The number of hydrogen-bond acceptors (Lipinski definition) is 7. The number of hydrogen-bond donors (Lipinski definition) is 2. The molecule has 0 aliphatic carbocycles. The maximum Gasteiger partial charge on any atom is 0.494 e. The second-order valence-corrected chi connectivity index (χ2v) is 11.1. The molecule has 1 unspecified atom stereocenters. The van der Waals surface area contributed by atoms with Gasteiger partial charge in [0.2, 0.25) is 0 Å². The number of rotatable bonds is 7. The molecule has 0 radical (unpaired) electrons. The van der Waals surface area contributed by atoms with Gasteiger partial charge in [-0.3, -0.25) is 4.90 Å². The van der Waals surface area contributed by atoms with Gasteiger partial charge in [-0.2, -0.15) is 0 Å². The van der Waals surface area contributed by atoms with Gasteiger partial charge in [-0.05, 0) is 69.4 Å². The Labute approximate surface area is 223 Å². The predicted octanol–water partition coefficient (Wildman–Crippen LogP) is 3.59. The standard InChI is InChI=1S/C28H35BN4O5/c1-27(2)28(3,4)38-29(37-27)21-11-10-18-13-20(9-8-19(18)14-21)23-15-30-25(32-23)24-7-6-12-33(24)16-22(17-34)31-26(35)36-5/h8-11,13-15,17,22,24H,6-7,12,16H2,1-5H3,(H,30,32)(H,31,35)/t22?,24-/m0/s1. The molecule has 200 valence electrons. The molecule has 2 aliphatic heterocycles. The topological polar surface area (TPSA) is 106 Å². The number of nitrogens with zero attached hydrogens (tertiary/aromatic N) is 2. The van der Waals surface area contributed by atoms with E-state index in [1.165, 1.54) is 7.11 Å². The van der Waals surface area contributed by atoms with Gasteiger partial charge < -0.3 is 29.1 Å². The van der Waals surface area contributed by atoms with E-state index in [0.717, 1.165) is 59.0 Å². The van der Waals surface area contributed by atoms with Gasteiger partial charge in [0.15, 0.2) is 0 Å². The highest BCUT2D eigenvalue weighted by Crippen LogP contribution is 2.37. The monoisotopic (exact) mass is 518 g/mol. The lowest BCUT2D eigenvalue weighted by Crippen LogP contribution is -2.44. The maximum absolute atomic E-state index is 11.6. The summed E-state index contributed by atoms with van der Waals surface area (Å²) >= 11 is 0. The normalized spacial score (nSPS) is 21.5. The lowest BCUT2D eigenvalue weighted by atomic mass is 9.78. The Morgan fingerprint density at radius 2 is 1.92 bits per heavy atom. The number of fused-ring (bicyclic) bond motifs is 1. The Balaban J connectivity index is 1.32. The number of ether oxygens (including phenoxy) is 1. The van der Waals surface area contributed by atoms with E-state index in [1.54, 1.807) is 0 Å². The van der Waals surface area contributed by atoms with Crippen molar-refractivity contribution in [3.8, 4) is 11.3 Å². The molecular weight excluding hydrogens is 483 g/mol. The third-order valence-corrected chi connectivity index (χ3v) is 8.06. The number of aromatic nitrogens is 2. The minimum absolute atomic E-state index is 0.0496. The zero-order valence-corrected chi connectivity index (χ0v) is 22.6. The highest BCUT2D eigenvalue weighted by atomic mass is 16.7. The summed E-state index contributed by atoms with van der Waals surface area (Å²) in [5, 5.41) is 4.80. The third kappa shape index (κ3) is 5.08. The Hall–Kier alpha value is -3.21. The van der Waals surface area contributed by atoms with E-state index in [2.05, 4.69) is 89.0 Å². The second kappa shape index (κ2) is 10.2. The fourth-order valence-corrected chi connectivity index (χ4v) is 5.15. The number of methoxy groups -OCH3 is 1. The summed E-state index contributed by atoms with van der Waals surface area (Å²) in [6.45, 7) is 9.47. The Morgan fingerprint density at radius 1 is 1.21 bits per heavy atom. The minimum atomic E-state index is -0.639. The van der Waals surface area contributed by atoms with Crippen LogP contribution >= 0.6 is 0 Å². The average Bonchev–Trinajstić information content (AvgIpc) is 3.60. The quantitative estimate of drug-likeness (QED) is 0.364. The molecule has 2 aliphatic rings. The molecule has 0 bridgehead atoms. The van der Waals surface area contributed by atoms with Crippen LogP contribution in [-0.2, 0) is 18.8 Å². The number of nitrogens with one attached hydrogen (secondary N) is 2. The summed E-state index contributed by atoms with van der Waals surface area (Å²) in [6, 6.07) is 12.0. The summed E-state index contributed by atoms with van der Waals surface area (Å²) in [7, 11) is 0.890. The number of imidazole rings is 1. The molecule has 1 aromatic heterocycles. The second-order valence-electron chi connectivity index (χ2n) is 11.1. The van der Waals surface area contributed by atoms with E-state index in [9.17, 15) is 9.59 Å². The van der Waals surface area contributed by atoms with Crippen molar-refractivity contribution in [3.63, 3.8) is 0 Å². The Morgan fingerprint density at radius 3 is 2.63 bits per heavy atom. The smallest absolute Gasteiger partial charge is 0.453 e. The van der Waals surface area contributed by atoms with Crippen molar-refractivity contribution < 1.29 is 23.6 Å². The van der Waals surface area contributed by atoms with Gasteiger partial charge >= 0.3 is 13.2 Å². The van der Waals surface area contributed by atoms with E-state index < -0.39 is 19.3 Å². The summed E-state index contributed by atoms with van der Waals surface area (Å²) in [4.78, 5) is 33.4. The van der Waals surface area contributed by atoms with Crippen LogP contribution in [0.3, 0.4) is 0 Å². The molecule has 2 aromatic carbocycles. The number of carbonyl (C=O) groups excluding carboxylic acids is 2. The number of amides is 1. The number of aldehydes is 1. The van der Waals surface area contributed by atoms with E-state index in [1.807, 2.05) is 6.20 Å². The fraction of sp³-hybridized carbons (Fsp3) is 0.464. The van der Waals surface area contributed by atoms with Crippen LogP contribution in [-0.4, -0.2) is 71.8 Å². The van der Waals surface area contributed by atoms with E-state index in [-0.39, 0.29) is 17.2 Å². The number of likely N-dealkylation sites (tertiary alicyclic amines) is 1. The molecular formula is C28H35BN4O5. The van der Waals surface area contributed by atoms with Crippen LogP contribution < -0.4 is 10.8 Å². The number of benzene rings is 2. The number of aromatic amines is 1. The molecule has 38 heavy (non-hydrogen) atoms. The van der Waals surface area contributed by atoms with Crippen LogP contribution in [0.1, 0.15) is 52.4 Å². The van der Waals surface area contributed by atoms with E-state index in [4.69, 9.17) is 9.31 Å². The van der Waals surface area contributed by atoms with Gasteiger partial charge in [-0.15, -0.1) is 0 Å². The molecule has 0 spiro atoms. The number of carbonyl (C=O) groups is 2. The van der Waals surface area contributed by atoms with Gasteiger partial charge in [-0.1, -0.05) is 30.3 Å². The van der Waals surface area contributed by atoms with Crippen LogP contribution in [0.25, 0.3) is 22.0 Å². The van der Waals surface area contributed by atoms with E-state index >= 15 is 0 Å². The van der Waals surface area contributed by atoms with Crippen molar-refractivity contribution in [2.24, 2.45) is 0 Å². The van der Waals surface area contributed by atoms with Crippen molar-refractivity contribution in [3.05, 3.63) is 48.4 Å². The summed E-state index contributed by atoms with van der Waals surface area (Å²) in [6.07, 6.45) is 3.90. The zero-order chi connectivity index (χ0) is 27.1. The average molecular weight is 518 g/mol. The molecule has 0 saturated carbocycles. The van der Waals surface area contributed by atoms with Crippen molar-refractivity contribution in [2.45, 2.75) is 63.8 Å². The third-order valence-electron chi connectivity index (χ3n) is 8.06. The first-order valence-corrected chi connectivity index (χ1v) is 13.1. The largest absolute Gasteiger partial charge is 0.494 e. The summed E-state index contributed by atoms with van der Waals surface area (Å²) in [5.74, 6) is 0.858. The van der Waals surface area contributed by atoms with E-state index in [0.29, 0.717) is 6.54 Å². The molecule has 9 nitrogen and oxygen atoms in total. The lowest BCUT2D eigenvalue weighted by Gasteiger charge is -2.32. The fourth-order valence-electron chi connectivity index (χ4n) is 5.15. The van der Waals surface area contributed by atoms with Crippen LogP contribution in [0, 0.1) is 0 Å². The van der Waals surface area contributed by atoms with Crippen LogP contribution in [0.2, 0.25) is 0 Å². The van der Waals surface area contributed by atoms with Gasteiger partial charge in [-0.25, -0.2) is 9.78 Å². The van der Waals surface area contributed by atoms with Crippen molar-refractivity contribution in [1.29, 1.82) is 0 Å². The first kappa shape index (κ1) is 26.4. The van der Waals surface area contributed by atoms with Crippen LogP contribution in [0.4, 0.5) is 4.79 Å². The molecule has 2 atom stereocenters. The molecule has 2 saturated heterocycles. The predicted molar refractivity (Wildman–Crippen MR) is 146 cm³/mol. The van der Waals surface area contributed by atoms with Crippen molar-refractivity contribution >= 4 is 35.7 Å². The molecule has 3 heterocycles. The molecule has 3 aromatic rings. The van der Waals surface area contributed by atoms with Crippen LogP contribution in [0.5, 0.6) is 0 Å². The Kier molecular flexibility index (Phi) is 7.06. The highest BCUT2D eigenvalue weighted by Gasteiger charge is 2.51. The van der Waals surface area contributed by atoms with Gasteiger partial charge in [0, 0.05) is 12.1 Å². The molecule has 2 fully saturated rings. The SMILES string of the molecule is COC(=O)NC(C=O)CN1CCC[C@H]1c1ncc(-c2ccc3cc(B4OC(C)(C)C(C)(C)O4)ccc3c2)[nH]1. The van der Waals surface area contributed by atoms with Crippen molar-refractivity contribution in [2.75, 3.05) is 20.2 Å². The summed E-state index contributed by atoms with van der Waals surface area (Å²) in [5.41, 5.74) is 2.22.